The molecule has 2 aliphatic heterocycles. The number of hydrogen-bond acceptors (Lipinski definition) is 4. The van der Waals surface area contributed by atoms with Crippen LogP contribution in [0.2, 0.25) is 5.02 Å². The number of anilines is 1. The Hall–Kier alpha value is -2.09. The molecule has 2 aliphatic rings. The fourth-order valence-corrected chi connectivity index (χ4v) is 5.93. The molecule has 0 N–H and O–H groups in total. The van der Waals surface area contributed by atoms with Gasteiger partial charge in [-0.15, -0.1) is 0 Å². The van der Waals surface area contributed by atoms with Crippen molar-refractivity contribution in [2.45, 2.75) is 50.5 Å². The van der Waals surface area contributed by atoms with Crippen molar-refractivity contribution in [2.75, 3.05) is 24.5 Å². The zero-order chi connectivity index (χ0) is 22.2. The van der Waals surface area contributed by atoms with Crippen molar-refractivity contribution in [3.63, 3.8) is 0 Å². The molecule has 0 radical (unpaired) electrons. The summed E-state index contributed by atoms with van der Waals surface area (Å²) in [5, 5.41) is 0.459. The summed E-state index contributed by atoms with van der Waals surface area (Å²) in [5.74, 6) is 0.306. The lowest BCUT2D eigenvalue weighted by atomic mass is 10.0. The van der Waals surface area contributed by atoms with Crippen LogP contribution in [0.4, 0.5) is 5.69 Å². The molecule has 8 heteroatoms. The molecule has 1 atom stereocenters. The predicted molar refractivity (Wildman–Crippen MR) is 121 cm³/mol. The summed E-state index contributed by atoms with van der Waals surface area (Å²) in [5.41, 5.74) is 2.62. The van der Waals surface area contributed by atoms with Gasteiger partial charge in [-0.3, -0.25) is 4.79 Å². The number of carbonyl (C=O) groups excluding carboxylic acids is 1. The van der Waals surface area contributed by atoms with Gasteiger partial charge in [-0.25, -0.2) is 8.42 Å². The first-order chi connectivity index (χ1) is 14.8. The van der Waals surface area contributed by atoms with Crippen LogP contribution in [0.15, 0.2) is 41.3 Å². The summed E-state index contributed by atoms with van der Waals surface area (Å²) >= 11 is 6.22. The van der Waals surface area contributed by atoms with E-state index < -0.39 is 16.1 Å². The van der Waals surface area contributed by atoms with E-state index in [1.54, 1.807) is 40.4 Å². The van der Waals surface area contributed by atoms with Crippen LogP contribution >= 0.6 is 11.6 Å². The Morgan fingerprint density at radius 2 is 1.81 bits per heavy atom. The Morgan fingerprint density at radius 3 is 2.55 bits per heavy atom. The van der Waals surface area contributed by atoms with Crippen molar-refractivity contribution >= 4 is 33.2 Å². The average Bonchev–Trinajstić information content (AvgIpc) is 3.31. The number of benzene rings is 2. The van der Waals surface area contributed by atoms with Gasteiger partial charge in [0.1, 0.15) is 5.75 Å². The van der Waals surface area contributed by atoms with E-state index in [2.05, 4.69) is 0 Å². The number of nitrogens with zero attached hydrogens (tertiary/aromatic N) is 2. The molecule has 1 unspecified atom stereocenters. The number of rotatable bonds is 5. The summed E-state index contributed by atoms with van der Waals surface area (Å²) in [6.07, 6.45) is 2.58. The largest absolute Gasteiger partial charge is 0.479 e. The third kappa shape index (κ3) is 4.45. The van der Waals surface area contributed by atoms with Crippen LogP contribution in [0.5, 0.6) is 5.75 Å². The molecule has 31 heavy (non-hydrogen) atoms. The molecule has 2 aromatic carbocycles. The molecule has 0 aliphatic carbocycles. The van der Waals surface area contributed by atoms with Gasteiger partial charge >= 0.3 is 0 Å². The highest BCUT2D eigenvalue weighted by Crippen LogP contribution is 2.32. The zero-order valence-electron chi connectivity index (χ0n) is 17.8. The summed E-state index contributed by atoms with van der Waals surface area (Å²) in [4.78, 5) is 15.2. The van der Waals surface area contributed by atoms with E-state index >= 15 is 0 Å². The van der Waals surface area contributed by atoms with Crippen LogP contribution in [-0.4, -0.2) is 44.4 Å². The molecule has 0 saturated carbocycles. The van der Waals surface area contributed by atoms with Crippen molar-refractivity contribution in [3.8, 4) is 5.75 Å². The summed E-state index contributed by atoms with van der Waals surface area (Å²) < 4.78 is 33.3. The fourth-order valence-electron chi connectivity index (χ4n) is 4.20. The maximum Gasteiger partial charge on any atom is 0.267 e. The number of amides is 1. The molecule has 1 saturated heterocycles. The normalized spacial score (nSPS) is 18.0. The van der Waals surface area contributed by atoms with Gasteiger partial charge in [0.15, 0.2) is 6.10 Å². The van der Waals surface area contributed by atoms with Crippen LogP contribution in [0.3, 0.4) is 0 Å². The lowest BCUT2D eigenvalue weighted by Gasteiger charge is -2.32. The van der Waals surface area contributed by atoms with Crippen molar-refractivity contribution in [1.29, 1.82) is 0 Å². The average molecular weight is 463 g/mol. The maximum absolute atomic E-state index is 13.2. The minimum absolute atomic E-state index is 0.173. The number of halogens is 1. The first-order valence-electron chi connectivity index (χ1n) is 10.6. The Morgan fingerprint density at radius 1 is 1.06 bits per heavy atom. The zero-order valence-corrected chi connectivity index (χ0v) is 19.4. The fraction of sp³-hybridized carbons (Fsp3) is 0.435. The van der Waals surface area contributed by atoms with Gasteiger partial charge in [-0.2, -0.15) is 4.31 Å². The smallest absolute Gasteiger partial charge is 0.267 e. The van der Waals surface area contributed by atoms with Crippen molar-refractivity contribution in [3.05, 3.63) is 52.5 Å². The summed E-state index contributed by atoms with van der Waals surface area (Å²) in [6, 6.07) is 10.5. The summed E-state index contributed by atoms with van der Waals surface area (Å²) in [6.45, 7) is 5.35. The second-order valence-electron chi connectivity index (χ2n) is 8.19. The molecule has 1 amide bonds. The number of sulfonamides is 1. The minimum Gasteiger partial charge on any atom is -0.479 e. The molecule has 2 aromatic rings. The van der Waals surface area contributed by atoms with Gasteiger partial charge < -0.3 is 9.64 Å². The highest BCUT2D eigenvalue weighted by atomic mass is 35.5. The quantitative estimate of drug-likeness (QED) is 0.668. The monoisotopic (exact) mass is 462 g/mol. The van der Waals surface area contributed by atoms with Gasteiger partial charge in [-0.05, 0) is 81.0 Å². The van der Waals surface area contributed by atoms with Gasteiger partial charge in [0, 0.05) is 25.3 Å². The van der Waals surface area contributed by atoms with E-state index in [0.717, 1.165) is 42.5 Å². The van der Waals surface area contributed by atoms with E-state index in [4.69, 9.17) is 16.3 Å². The number of carbonyl (C=O) groups is 1. The summed E-state index contributed by atoms with van der Waals surface area (Å²) in [7, 11) is -3.49. The number of aryl methyl sites for hydroxylation is 2. The van der Waals surface area contributed by atoms with Crippen LogP contribution < -0.4 is 9.64 Å². The predicted octanol–water partition coefficient (Wildman–Crippen LogP) is 4.18. The van der Waals surface area contributed by atoms with Crippen molar-refractivity contribution < 1.29 is 17.9 Å². The van der Waals surface area contributed by atoms with Gasteiger partial charge in [-0.1, -0.05) is 17.7 Å². The van der Waals surface area contributed by atoms with Crippen LogP contribution in [-0.2, 0) is 21.2 Å². The molecule has 1 fully saturated rings. The number of hydrogen-bond donors (Lipinski definition) is 0. The Kier molecular flexibility index (Phi) is 6.28. The molecule has 6 nitrogen and oxygen atoms in total. The molecule has 4 rings (SSSR count). The Balaban J connectivity index is 1.56. The van der Waals surface area contributed by atoms with E-state index in [-0.39, 0.29) is 5.91 Å². The van der Waals surface area contributed by atoms with E-state index in [9.17, 15) is 13.2 Å². The van der Waals surface area contributed by atoms with E-state index in [1.165, 1.54) is 0 Å². The highest BCUT2D eigenvalue weighted by Gasteiger charge is 2.31. The first kappa shape index (κ1) is 22.1. The molecular weight excluding hydrogens is 436 g/mol. The molecule has 0 spiro atoms. The van der Waals surface area contributed by atoms with Crippen molar-refractivity contribution in [1.82, 2.24) is 4.31 Å². The lowest BCUT2D eigenvalue weighted by molar-refractivity contribution is -0.124. The van der Waals surface area contributed by atoms with Crippen LogP contribution in [0.25, 0.3) is 0 Å². The van der Waals surface area contributed by atoms with Crippen molar-refractivity contribution in [2.24, 2.45) is 0 Å². The molecular formula is C23H27ClN2O4S. The highest BCUT2D eigenvalue weighted by molar-refractivity contribution is 7.89. The third-order valence-corrected chi connectivity index (χ3v) is 8.08. The Labute approximate surface area is 188 Å². The second-order valence-corrected chi connectivity index (χ2v) is 10.5. The molecule has 166 valence electrons. The van der Waals surface area contributed by atoms with Gasteiger partial charge in [0.2, 0.25) is 10.0 Å². The van der Waals surface area contributed by atoms with Gasteiger partial charge in [0.25, 0.3) is 5.91 Å². The maximum atomic E-state index is 13.2. The number of fused-ring (bicyclic) bond motifs is 1. The first-order valence-corrected chi connectivity index (χ1v) is 12.5. The third-order valence-electron chi connectivity index (χ3n) is 5.88. The van der Waals surface area contributed by atoms with Gasteiger partial charge in [0.05, 0.1) is 9.92 Å². The number of ether oxygens (including phenoxy) is 1. The molecule has 0 bridgehead atoms. The topological polar surface area (TPSA) is 66.9 Å². The van der Waals surface area contributed by atoms with Crippen LogP contribution in [0, 0.1) is 6.92 Å². The SMILES string of the molecule is Cc1ccc(Cl)c(OC(C)C(=O)N2CCCc3cc(S(=O)(=O)N4CCCC4)ccc32)c1. The lowest BCUT2D eigenvalue weighted by Crippen LogP contribution is -2.43. The molecule has 0 aromatic heterocycles. The standard InChI is InChI=1S/C23H27ClN2O4S/c1-16-7-9-20(24)22(14-16)30-17(2)23(27)26-13-5-6-18-15-19(8-10-21(18)26)31(28,29)25-11-3-4-12-25/h7-10,14-15,17H,3-6,11-13H2,1-2H3. The molecule has 2 heterocycles. The Bertz CT molecular complexity index is 1100. The minimum atomic E-state index is -3.49. The van der Waals surface area contributed by atoms with E-state index in [1.807, 2.05) is 19.1 Å². The van der Waals surface area contributed by atoms with E-state index in [0.29, 0.717) is 35.3 Å². The second kappa shape index (κ2) is 8.81. The van der Waals surface area contributed by atoms with Crippen LogP contribution in [0.1, 0.15) is 37.3 Å².